The van der Waals surface area contributed by atoms with E-state index in [9.17, 15) is 45.6 Å². The third-order valence-electron chi connectivity index (χ3n) is 6.07. The third kappa shape index (κ3) is 3.38. The third-order valence-corrected chi connectivity index (χ3v) is 6.07. The molecule has 3 aromatic carbocycles. The lowest BCUT2D eigenvalue weighted by Crippen LogP contribution is -2.60. The molecule has 4 aromatic rings. The molecule has 12 heteroatoms. The Balaban J connectivity index is 1.88. The maximum atomic E-state index is 12.9. The number of ether oxygens (including phenoxy) is 2. The monoisotopic (exact) mass is 488 g/mol. The lowest BCUT2D eigenvalue weighted by Gasteiger charge is -2.39. The summed E-state index contributed by atoms with van der Waals surface area (Å²) in [7, 11) is 0. The zero-order valence-electron chi connectivity index (χ0n) is 17.7. The zero-order chi connectivity index (χ0) is 25.2. The molecule has 0 saturated carbocycles. The van der Waals surface area contributed by atoms with Crippen LogP contribution in [0.25, 0.3) is 32.5 Å². The fourth-order valence-corrected chi connectivity index (χ4v) is 4.29. The van der Waals surface area contributed by atoms with Gasteiger partial charge in [-0.25, -0.2) is 0 Å². The Labute approximate surface area is 194 Å². The molecule has 1 aliphatic heterocycles. The molecule has 5 rings (SSSR count). The van der Waals surface area contributed by atoms with Gasteiger partial charge < -0.3 is 54.7 Å². The van der Waals surface area contributed by atoms with E-state index in [0.717, 1.165) is 12.1 Å². The second-order valence-electron chi connectivity index (χ2n) is 8.17. The second kappa shape index (κ2) is 8.15. The highest BCUT2D eigenvalue weighted by atomic mass is 16.7. The highest BCUT2D eigenvalue weighted by Crippen LogP contribution is 2.48. The van der Waals surface area contributed by atoms with Crippen molar-refractivity contribution in [2.75, 3.05) is 6.61 Å². The van der Waals surface area contributed by atoms with Crippen molar-refractivity contribution in [2.24, 2.45) is 0 Å². The number of rotatable bonds is 3. The van der Waals surface area contributed by atoms with Crippen molar-refractivity contribution in [3.63, 3.8) is 0 Å². The normalized spacial score (nSPS) is 24.9. The van der Waals surface area contributed by atoms with Gasteiger partial charge in [-0.1, -0.05) is 12.1 Å². The van der Waals surface area contributed by atoms with E-state index in [1.165, 1.54) is 18.2 Å². The molecular formula is C23H20O12. The summed E-state index contributed by atoms with van der Waals surface area (Å²) in [5, 5.41) is 81.0. The molecule has 5 unspecified atom stereocenters. The van der Waals surface area contributed by atoms with Crippen molar-refractivity contribution in [1.29, 1.82) is 0 Å². The Morgan fingerprint density at radius 1 is 0.857 bits per heavy atom. The summed E-state index contributed by atoms with van der Waals surface area (Å²) in [5.74, 6) is -2.78. The summed E-state index contributed by atoms with van der Waals surface area (Å²) in [6, 6.07) is 5.94. The van der Waals surface area contributed by atoms with Gasteiger partial charge in [0.2, 0.25) is 6.29 Å². The van der Waals surface area contributed by atoms with Crippen LogP contribution in [0, 0.1) is 0 Å². The van der Waals surface area contributed by atoms with E-state index in [-0.39, 0.29) is 38.3 Å². The Morgan fingerprint density at radius 3 is 2.23 bits per heavy atom. The maximum Gasteiger partial charge on any atom is 0.290 e. The van der Waals surface area contributed by atoms with Crippen LogP contribution in [0.1, 0.15) is 0 Å². The predicted octanol–water partition coefficient (Wildman–Crippen LogP) is 0.101. The van der Waals surface area contributed by atoms with E-state index in [1.54, 1.807) is 0 Å². The molecule has 1 saturated heterocycles. The molecule has 0 aliphatic carbocycles. The molecule has 1 aromatic heterocycles. The number of benzene rings is 3. The van der Waals surface area contributed by atoms with Gasteiger partial charge in [-0.05, 0) is 18.2 Å². The number of aliphatic hydroxyl groups excluding tert-OH is 4. The Hall–Kier alpha value is -3.81. The van der Waals surface area contributed by atoms with E-state index >= 15 is 0 Å². The molecule has 1 aliphatic rings. The number of fused-ring (bicyclic) bond motifs is 4. The quantitative estimate of drug-likeness (QED) is 0.110. The van der Waals surface area contributed by atoms with Crippen LogP contribution in [-0.2, 0) is 4.74 Å². The summed E-state index contributed by atoms with van der Waals surface area (Å²) in [6.07, 6.45) is -8.30. The topological polar surface area (TPSA) is 211 Å². The van der Waals surface area contributed by atoms with Gasteiger partial charge in [-0.3, -0.25) is 4.79 Å². The molecule has 2 heterocycles. The lowest BCUT2D eigenvalue weighted by molar-refractivity contribution is -0.277. The molecule has 12 nitrogen and oxygen atoms in total. The van der Waals surface area contributed by atoms with Gasteiger partial charge in [0.05, 0.1) is 22.8 Å². The fourth-order valence-electron chi connectivity index (χ4n) is 4.29. The van der Waals surface area contributed by atoms with Gasteiger partial charge in [0.25, 0.3) is 5.95 Å². The second-order valence-corrected chi connectivity index (χ2v) is 8.17. The predicted molar refractivity (Wildman–Crippen MR) is 119 cm³/mol. The summed E-state index contributed by atoms with van der Waals surface area (Å²) in [4.78, 5) is 12.9. The number of hydrogen-bond donors (Lipinski definition) is 8. The van der Waals surface area contributed by atoms with E-state index < -0.39 is 65.9 Å². The van der Waals surface area contributed by atoms with Crippen molar-refractivity contribution in [3.8, 4) is 28.9 Å². The van der Waals surface area contributed by atoms with Crippen LogP contribution in [0.3, 0.4) is 0 Å². The summed E-state index contributed by atoms with van der Waals surface area (Å²) >= 11 is 0. The molecule has 184 valence electrons. The Kier molecular flexibility index (Phi) is 5.34. The van der Waals surface area contributed by atoms with Crippen LogP contribution in [0.2, 0.25) is 0 Å². The first-order valence-electron chi connectivity index (χ1n) is 10.4. The fraction of sp³-hybridized carbons (Fsp3) is 0.261. The van der Waals surface area contributed by atoms with Gasteiger partial charge >= 0.3 is 0 Å². The summed E-state index contributed by atoms with van der Waals surface area (Å²) in [6.45, 7) is -0.728. The van der Waals surface area contributed by atoms with E-state index in [0.29, 0.717) is 0 Å². The lowest BCUT2D eigenvalue weighted by atomic mass is 9.98. The van der Waals surface area contributed by atoms with Crippen LogP contribution in [-0.4, -0.2) is 78.2 Å². The largest absolute Gasteiger partial charge is 0.504 e. The average molecular weight is 488 g/mol. The first-order chi connectivity index (χ1) is 16.6. The van der Waals surface area contributed by atoms with Crippen LogP contribution in [0.5, 0.6) is 28.9 Å². The summed E-state index contributed by atoms with van der Waals surface area (Å²) in [5.41, 5.74) is -0.985. The van der Waals surface area contributed by atoms with Gasteiger partial charge in [0.1, 0.15) is 30.2 Å². The molecular weight excluding hydrogens is 468 g/mol. The van der Waals surface area contributed by atoms with Crippen LogP contribution in [0.15, 0.2) is 39.5 Å². The van der Waals surface area contributed by atoms with Crippen molar-refractivity contribution < 1.29 is 54.7 Å². The summed E-state index contributed by atoms with van der Waals surface area (Å²) < 4.78 is 16.6. The van der Waals surface area contributed by atoms with Crippen molar-refractivity contribution in [2.45, 2.75) is 30.7 Å². The number of phenolic OH excluding ortho intramolecular Hbond substituents is 3. The zero-order valence-corrected chi connectivity index (χ0v) is 17.7. The molecule has 35 heavy (non-hydrogen) atoms. The van der Waals surface area contributed by atoms with E-state index in [1.807, 2.05) is 0 Å². The van der Waals surface area contributed by atoms with E-state index in [4.69, 9.17) is 13.9 Å². The minimum absolute atomic E-state index is 0.0147. The number of aliphatic hydroxyl groups is 4. The minimum Gasteiger partial charge on any atom is -0.504 e. The average Bonchev–Trinajstić information content (AvgIpc) is 2.83. The first kappa shape index (κ1) is 23.0. The van der Waals surface area contributed by atoms with Crippen molar-refractivity contribution >= 4 is 32.5 Å². The minimum atomic E-state index is -1.83. The van der Waals surface area contributed by atoms with Crippen LogP contribution in [0.4, 0.5) is 0 Å². The maximum absolute atomic E-state index is 12.9. The van der Waals surface area contributed by atoms with Crippen molar-refractivity contribution in [3.05, 3.63) is 40.6 Å². The number of hydrogen-bond acceptors (Lipinski definition) is 12. The SMILES string of the molecule is O=c1cccc2c(O)c3oc(O)c4cc(O)c(O)cc4c3c(OC3OC(CO)C(O)C(O)C3O)c12. The Morgan fingerprint density at radius 2 is 1.54 bits per heavy atom. The van der Waals surface area contributed by atoms with Gasteiger partial charge in [-0.2, -0.15) is 0 Å². The van der Waals surface area contributed by atoms with Crippen molar-refractivity contribution in [1.82, 2.24) is 0 Å². The number of aromatic hydroxyl groups is 4. The molecule has 0 radical (unpaired) electrons. The molecule has 0 bridgehead atoms. The molecule has 1 fully saturated rings. The molecule has 0 amide bonds. The molecule has 5 atom stereocenters. The smallest absolute Gasteiger partial charge is 0.290 e. The van der Waals surface area contributed by atoms with Gasteiger partial charge in [0.15, 0.2) is 28.3 Å². The molecule has 8 N–H and O–H groups in total. The first-order valence-corrected chi connectivity index (χ1v) is 10.4. The molecule has 0 spiro atoms. The van der Waals surface area contributed by atoms with Crippen LogP contribution < -0.4 is 10.2 Å². The van der Waals surface area contributed by atoms with Gasteiger partial charge in [0, 0.05) is 10.8 Å². The van der Waals surface area contributed by atoms with E-state index in [2.05, 4.69) is 0 Å². The van der Waals surface area contributed by atoms with Gasteiger partial charge in [-0.15, -0.1) is 0 Å². The highest BCUT2D eigenvalue weighted by Gasteiger charge is 2.45. The Bertz CT molecular complexity index is 1530. The number of phenols is 3. The highest BCUT2D eigenvalue weighted by molar-refractivity contribution is 6.19. The van der Waals surface area contributed by atoms with Crippen LogP contribution >= 0.6 is 0 Å². The standard InChI is InChI=1S/C23H20O12/c24-6-13-17(29)18(30)19(31)23(33-13)35-20-14-7(2-1-3-10(14)25)16(28)21-15(20)8-4-11(26)12(27)5-9(8)22(32)34-21/h1-5,13,17-19,23-24,26-32H,6H2.